The maximum absolute atomic E-state index is 13.7. The van der Waals surface area contributed by atoms with E-state index in [1.807, 2.05) is 19.2 Å². The Morgan fingerprint density at radius 3 is 2.62 bits per heavy atom. The lowest BCUT2D eigenvalue weighted by Crippen LogP contribution is -2.35. The van der Waals surface area contributed by atoms with Gasteiger partial charge in [0.1, 0.15) is 12.2 Å². The van der Waals surface area contributed by atoms with Gasteiger partial charge in [-0.25, -0.2) is 9.67 Å². The van der Waals surface area contributed by atoms with Crippen molar-refractivity contribution in [2.24, 2.45) is 0 Å². The number of alkyl halides is 3. The first-order chi connectivity index (χ1) is 19.9. The summed E-state index contributed by atoms with van der Waals surface area (Å²) < 4.78 is 40.2. The quantitative estimate of drug-likeness (QED) is 0.280. The van der Waals surface area contributed by atoms with Crippen molar-refractivity contribution in [3.8, 4) is 11.9 Å². The van der Waals surface area contributed by atoms with E-state index in [0.29, 0.717) is 17.5 Å². The molecular formula is C26H23ClF3N9O2S. The van der Waals surface area contributed by atoms with Crippen LogP contribution in [0, 0.1) is 18.3 Å². The number of nitriles is 1. The Bertz CT molecular complexity index is 1680. The number of thioether (sulfide) groups is 1. The first kappa shape index (κ1) is 30.5. The number of aromatic nitrogens is 6. The van der Waals surface area contributed by atoms with Crippen LogP contribution >= 0.6 is 23.4 Å². The predicted molar refractivity (Wildman–Crippen MR) is 150 cm³/mol. The van der Waals surface area contributed by atoms with Crippen molar-refractivity contribution in [2.75, 3.05) is 17.3 Å². The fraction of sp³-hybridized carbons (Fsp3) is 0.269. The summed E-state index contributed by atoms with van der Waals surface area (Å²) in [6.45, 7) is 3.17. The van der Waals surface area contributed by atoms with Gasteiger partial charge in [-0.1, -0.05) is 11.6 Å². The van der Waals surface area contributed by atoms with Crippen LogP contribution in [0.1, 0.15) is 50.3 Å². The van der Waals surface area contributed by atoms with Crippen molar-refractivity contribution in [2.45, 2.75) is 32.6 Å². The molecule has 1 atom stereocenters. The Kier molecular flexibility index (Phi) is 9.17. The van der Waals surface area contributed by atoms with Gasteiger partial charge in [0.15, 0.2) is 11.5 Å². The van der Waals surface area contributed by atoms with E-state index in [9.17, 15) is 28.0 Å². The van der Waals surface area contributed by atoms with Crippen LogP contribution in [-0.2, 0) is 12.7 Å². The molecule has 3 heterocycles. The van der Waals surface area contributed by atoms with Crippen molar-refractivity contribution in [1.82, 2.24) is 35.1 Å². The van der Waals surface area contributed by atoms with Crippen LogP contribution in [0.2, 0.25) is 5.02 Å². The van der Waals surface area contributed by atoms with Gasteiger partial charge in [-0.3, -0.25) is 9.59 Å². The Labute approximate surface area is 247 Å². The second-order valence-corrected chi connectivity index (χ2v) is 10.4. The molecule has 3 aromatic heterocycles. The van der Waals surface area contributed by atoms with Crippen LogP contribution in [0.4, 0.5) is 18.9 Å². The molecule has 0 aliphatic rings. The molecule has 11 nitrogen and oxygen atoms in total. The van der Waals surface area contributed by atoms with Gasteiger partial charge in [0, 0.05) is 18.0 Å². The molecule has 0 bridgehead atoms. The molecule has 4 aromatic rings. The lowest BCUT2D eigenvalue weighted by molar-refractivity contribution is -0.141. The minimum Gasteiger partial charge on any atom is -0.349 e. The molecule has 2 amide bonds. The van der Waals surface area contributed by atoms with Crippen LogP contribution < -0.4 is 10.6 Å². The van der Waals surface area contributed by atoms with Crippen LogP contribution in [0.5, 0.6) is 0 Å². The number of pyridine rings is 1. The molecule has 0 saturated carbocycles. The summed E-state index contributed by atoms with van der Waals surface area (Å²) in [7, 11) is 0. The van der Waals surface area contributed by atoms with Crippen molar-refractivity contribution >= 4 is 40.9 Å². The Morgan fingerprint density at radius 1 is 1.21 bits per heavy atom. The van der Waals surface area contributed by atoms with E-state index in [0.717, 1.165) is 9.48 Å². The number of anilines is 1. The van der Waals surface area contributed by atoms with E-state index in [-0.39, 0.29) is 51.6 Å². The number of rotatable bonds is 9. The normalized spacial score (nSPS) is 12.0. The summed E-state index contributed by atoms with van der Waals surface area (Å²) in [6, 6.07) is 9.16. The third-order valence-corrected chi connectivity index (χ3v) is 6.93. The van der Waals surface area contributed by atoms with E-state index in [4.69, 9.17) is 11.6 Å². The van der Waals surface area contributed by atoms with E-state index in [2.05, 4.69) is 30.9 Å². The third kappa shape index (κ3) is 6.89. The number of carbonyl (C=O) groups excluding carboxylic acids is 2. The van der Waals surface area contributed by atoms with Crippen molar-refractivity contribution in [3.05, 3.63) is 81.5 Å². The maximum atomic E-state index is 13.7. The molecule has 0 unspecified atom stereocenters. The average Bonchev–Trinajstić information content (AvgIpc) is 3.57. The highest BCUT2D eigenvalue weighted by molar-refractivity contribution is 7.98. The number of amides is 2. The fourth-order valence-corrected chi connectivity index (χ4v) is 4.76. The number of aryl methyl sites for hydroxylation is 1. The van der Waals surface area contributed by atoms with Crippen LogP contribution in [0.15, 0.2) is 42.7 Å². The predicted octanol–water partition coefficient (Wildman–Crippen LogP) is 4.49. The molecule has 16 heteroatoms. The van der Waals surface area contributed by atoms with Gasteiger partial charge in [-0.15, -0.1) is 5.10 Å². The van der Waals surface area contributed by atoms with Gasteiger partial charge in [0.05, 0.1) is 39.8 Å². The van der Waals surface area contributed by atoms with Gasteiger partial charge in [-0.2, -0.15) is 45.2 Å². The average molecular weight is 618 g/mol. The fourth-order valence-electron chi connectivity index (χ4n) is 3.98. The molecule has 42 heavy (non-hydrogen) atoms. The summed E-state index contributed by atoms with van der Waals surface area (Å²) in [6.07, 6.45) is -0.768. The molecular weight excluding hydrogens is 595 g/mol. The molecule has 0 aliphatic carbocycles. The highest BCUT2D eigenvalue weighted by Gasteiger charge is 2.34. The highest BCUT2D eigenvalue weighted by atomic mass is 35.5. The zero-order chi connectivity index (χ0) is 30.6. The number of hydrogen-bond acceptors (Lipinski definition) is 8. The van der Waals surface area contributed by atoms with Gasteiger partial charge < -0.3 is 10.6 Å². The summed E-state index contributed by atoms with van der Waals surface area (Å²) in [5, 5.41) is 26.6. The summed E-state index contributed by atoms with van der Waals surface area (Å²) >= 11 is 7.87. The maximum Gasteiger partial charge on any atom is 0.436 e. The number of benzene rings is 1. The number of halogens is 4. The molecule has 0 spiro atoms. The molecule has 0 saturated heterocycles. The standard InChI is InChI=1S/C26H23ClF3N9O2S/c1-14-7-16(10-31)8-18(24(40)34-15(2)13-42-3)22(14)35-25(41)20-9-17(12-38-33-11-21(37-38)26(28,29)30)36-39(20)23-19(27)5-4-6-32-23/h4-9,11,15H,12-13H2,1-3H3,(H,34,40)(H,35,41)/t15-/m0/s1. The van der Waals surface area contributed by atoms with Gasteiger partial charge in [-0.05, 0) is 56.0 Å². The zero-order valence-electron chi connectivity index (χ0n) is 22.4. The molecule has 4 rings (SSSR count). The van der Waals surface area contributed by atoms with E-state index in [1.165, 1.54) is 30.5 Å². The minimum atomic E-state index is -4.68. The number of carbonyl (C=O) groups is 2. The molecule has 2 N–H and O–H groups in total. The molecule has 0 radical (unpaired) electrons. The Balaban J connectivity index is 1.73. The van der Waals surface area contributed by atoms with Crippen molar-refractivity contribution in [1.29, 1.82) is 5.26 Å². The Morgan fingerprint density at radius 2 is 1.98 bits per heavy atom. The number of nitrogens with zero attached hydrogens (tertiary/aromatic N) is 7. The SMILES string of the molecule is CSC[C@H](C)NC(=O)c1cc(C#N)cc(C)c1NC(=O)c1cc(Cn2ncc(C(F)(F)F)n2)nn1-c1ncccc1Cl. The minimum absolute atomic E-state index is 0.0791. The van der Waals surface area contributed by atoms with Gasteiger partial charge in [0.25, 0.3) is 11.8 Å². The summed E-state index contributed by atoms with van der Waals surface area (Å²) in [5.41, 5.74) is -0.209. The Hall–Kier alpha value is -4.42. The van der Waals surface area contributed by atoms with Crippen LogP contribution in [0.3, 0.4) is 0 Å². The second-order valence-electron chi connectivity index (χ2n) is 9.11. The monoisotopic (exact) mass is 617 g/mol. The molecule has 0 aliphatic heterocycles. The van der Waals surface area contributed by atoms with E-state index >= 15 is 0 Å². The van der Waals surface area contributed by atoms with E-state index in [1.54, 1.807) is 24.8 Å². The largest absolute Gasteiger partial charge is 0.436 e. The highest BCUT2D eigenvalue weighted by Crippen LogP contribution is 2.28. The summed E-state index contributed by atoms with van der Waals surface area (Å²) in [5.74, 6) is -0.481. The zero-order valence-corrected chi connectivity index (χ0v) is 24.0. The first-order valence-corrected chi connectivity index (χ1v) is 14.0. The molecule has 1 aromatic carbocycles. The van der Waals surface area contributed by atoms with Crippen LogP contribution in [0.25, 0.3) is 5.82 Å². The van der Waals surface area contributed by atoms with Crippen LogP contribution in [-0.4, -0.2) is 59.6 Å². The van der Waals surface area contributed by atoms with Crippen molar-refractivity contribution < 1.29 is 22.8 Å². The van der Waals surface area contributed by atoms with Crippen molar-refractivity contribution in [3.63, 3.8) is 0 Å². The lowest BCUT2D eigenvalue weighted by Gasteiger charge is -2.17. The van der Waals surface area contributed by atoms with E-state index < -0.39 is 23.7 Å². The second kappa shape index (κ2) is 12.6. The van der Waals surface area contributed by atoms with Gasteiger partial charge in [0.2, 0.25) is 0 Å². The number of hydrogen-bond donors (Lipinski definition) is 2. The first-order valence-electron chi connectivity index (χ1n) is 12.2. The topological polar surface area (TPSA) is 143 Å². The summed E-state index contributed by atoms with van der Waals surface area (Å²) in [4.78, 5) is 31.9. The third-order valence-electron chi connectivity index (χ3n) is 5.80. The lowest BCUT2D eigenvalue weighted by atomic mass is 10.0. The molecule has 0 fully saturated rings. The molecule has 218 valence electrons. The number of nitrogens with one attached hydrogen (secondary N) is 2. The van der Waals surface area contributed by atoms with Gasteiger partial charge >= 0.3 is 6.18 Å². The smallest absolute Gasteiger partial charge is 0.349 e.